The van der Waals surface area contributed by atoms with E-state index >= 15 is 0 Å². The van der Waals surface area contributed by atoms with Gasteiger partial charge in [0, 0.05) is 16.7 Å². The highest BCUT2D eigenvalue weighted by molar-refractivity contribution is 6.30. The SMILES string of the molecule is [O-][n+]1cccc(CCc2cccc(Cl)c2)c1. The zero-order chi connectivity index (χ0) is 11.4. The summed E-state index contributed by atoms with van der Waals surface area (Å²) < 4.78 is 0.827. The van der Waals surface area contributed by atoms with Crippen LogP contribution in [-0.2, 0) is 12.8 Å². The fourth-order valence-corrected chi connectivity index (χ4v) is 1.84. The summed E-state index contributed by atoms with van der Waals surface area (Å²) in [6.07, 6.45) is 4.83. The van der Waals surface area contributed by atoms with Gasteiger partial charge >= 0.3 is 0 Å². The third kappa shape index (κ3) is 2.97. The second kappa shape index (κ2) is 4.99. The number of aromatic nitrogens is 1. The first-order chi connectivity index (χ1) is 7.74. The molecule has 1 aromatic heterocycles. The maximum absolute atomic E-state index is 11.1. The fraction of sp³-hybridized carbons (Fsp3) is 0.154. The molecule has 2 rings (SSSR count). The van der Waals surface area contributed by atoms with Crippen molar-refractivity contribution in [3.8, 4) is 0 Å². The van der Waals surface area contributed by atoms with Crippen LogP contribution >= 0.6 is 11.6 Å². The average molecular weight is 234 g/mol. The van der Waals surface area contributed by atoms with Crippen molar-refractivity contribution >= 4 is 11.6 Å². The normalized spacial score (nSPS) is 10.3. The van der Waals surface area contributed by atoms with Gasteiger partial charge in [-0.05, 0) is 36.6 Å². The van der Waals surface area contributed by atoms with Crippen molar-refractivity contribution in [2.75, 3.05) is 0 Å². The summed E-state index contributed by atoms with van der Waals surface area (Å²) in [7, 11) is 0. The molecule has 1 heterocycles. The van der Waals surface area contributed by atoms with Crippen LogP contribution in [0.4, 0.5) is 0 Å². The quantitative estimate of drug-likeness (QED) is 0.592. The summed E-state index contributed by atoms with van der Waals surface area (Å²) in [5, 5.41) is 11.8. The van der Waals surface area contributed by atoms with E-state index in [1.807, 2.05) is 30.3 Å². The Hall–Kier alpha value is -1.54. The minimum Gasteiger partial charge on any atom is -0.619 e. The number of hydrogen-bond donors (Lipinski definition) is 0. The van der Waals surface area contributed by atoms with E-state index in [0.29, 0.717) is 0 Å². The lowest BCUT2D eigenvalue weighted by molar-refractivity contribution is -0.605. The first-order valence-corrected chi connectivity index (χ1v) is 5.54. The lowest BCUT2D eigenvalue weighted by atomic mass is 10.1. The minimum absolute atomic E-state index is 0.754. The number of aryl methyl sites for hydroxylation is 2. The molecular weight excluding hydrogens is 222 g/mol. The highest BCUT2D eigenvalue weighted by atomic mass is 35.5. The van der Waals surface area contributed by atoms with Gasteiger partial charge in [0.1, 0.15) is 0 Å². The molecule has 0 saturated carbocycles. The van der Waals surface area contributed by atoms with Gasteiger partial charge in [0.15, 0.2) is 12.4 Å². The predicted molar refractivity (Wildman–Crippen MR) is 64.3 cm³/mol. The summed E-state index contributed by atoms with van der Waals surface area (Å²) in [5.74, 6) is 0. The fourth-order valence-electron chi connectivity index (χ4n) is 1.63. The van der Waals surface area contributed by atoms with Crippen LogP contribution in [0.3, 0.4) is 0 Å². The molecular formula is C13H12ClNO. The van der Waals surface area contributed by atoms with Gasteiger partial charge in [0.05, 0.1) is 0 Å². The van der Waals surface area contributed by atoms with E-state index in [-0.39, 0.29) is 0 Å². The number of halogens is 1. The standard InChI is InChI=1S/C13H12ClNO/c14-13-5-1-3-11(9-13)6-7-12-4-2-8-15(16)10-12/h1-5,8-10H,6-7H2. The van der Waals surface area contributed by atoms with Crippen LogP contribution in [-0.4, -0.2) is 0 Å². The van der Waals surface area contributed by atoms with Gasteiger partial charge < -0.3 is 5.21 Å². The van der Waals surface area contributed by atoms with Gasteiger partial charge in [-0.3, -0.25) is 0 Å². The van der Waals surface area contributed by atoms with Crippen LogP contribution in [0, 0.1) is 5.21 Å². The molecule has 2 aromatic rings. The van der Waals surface area contributed by atoms with Crippen molar-refractivity contribution in [2.24, 2.45) is 0 Å². The number of rotatable bonds is 3. The van der Waals surface area contributed by atoms with Crippen LogP contribution in [0.15, 0.2) is 48.8 Å². The van der Waals surface area contributed by atoms with Crippen LogP contribution < -0.4 is 4.73 Å². The Kier molecular flexibility index (Phi) is 3.42. The Morgan fingerprint density at radius 1 is 1.06 bits per heavy atom. The number of hydrogen-bond acceptors (Lipinski definition) is 1. The van der Waals surface area contributed by atoms with E-state index in [0.717, 1.165) is 28.2 Å². The molecule has 0 unspecified atom stereocenters. The molecule has 0 saturated heterocycles. The lowest BCUT2D eigenvalue weighted by Gasteiger charge is -2.02. The average Bonchev–Trinajstić information content (AvgIpc) is 2.27. The van der Waals surface area contributed by atoms with E-state index in [9.17, 15) is 5.21 Å². The third-order valence-corrected chi connectivity index (χ3v) is 2.66. The highest BCUT2D eigenvalue weighted by Crippen LogP contribution is 2.12. The van der Waals surface area contributed by atoms with Gasteiger partial charge in [0.2, 0.25) is 0 Å². The summed E-state index contributed by atoms with van der Waals surface area (Å²) >= 11 is 5.90. The number of pyridine rings is 1. The Morgan fingerprint density at radius 3 is 2.56 bits per heavy atom. The van der Waals surface area contributed by atoms with Gasteiger partial charge in [-0.2, -0.15) is 4.73 Å². The zero-order valence-corrected chi connectivity index (χ0v) is 9.52. The predicted octanol–water partition coefficient (Wildman–Crippen LogP) is 2.76. The second-order valence-corrected chi connectivity index (χ2v) is 4.14. The Labute approximate surface area is 99.7 Å². The molecule has 0 spiro atoms. The maximum atomic E-state index is 11.1. The molecule has 3 heteroatoms. The maximum Gasteiger partial charge on any atom is 0.183 e. The van der Waals surface area contributed by atoms with Crippen molar-refractivity contribution < 1.29 is 4.73 Å². The van der Waals surface area contributed by atoms with Gasteiger partial charge in [-0.25, -0.2) is 0 Å². The molecule has 0 fully saturated rings. The third-order valence-electron chi connectivity index (χ3n) is 2.43. The monoisotopic (exact) mass is 233 g/mol. The van der Waals surface area contributed by atoms with Crippen molar-refractivity contribution in [1.29, 1.82) is 0 Å². The van der Waals surface area contributed by atoms with Gasteiger partial charge in [0.25, 0.3) is 0 Å². The topological polar surface area (TPSA) is 26.9 Å². The van der Waals surface area contributed by atoms with Crippen molar-refractivity contribution in [2.45, 2.75) is 12.8 Å². The summed E-state index contributed by atoms with van der Waals surface area (Å²) in [6, 6.07) is 11.5. The van der Waals surface area contributed by atoms with Gasteiger partial charge in [-0.15, -0.1) is 0 Å². The minimum atomic E-state index is 0.754. The molecule has 82 valence electrons. The van der Waals surface area contributed by atoms with Gasteiger partial charge in [-0.1, -0.05) is 23.7 Å². The molecule has 0 aliphatic carbocycles. The molecule has 0 aliphatic heterocycles. The largest absolute Gasteiger partial charge is 0.619 e. The summed E-state index contributed by atoms with van der Waals surface area (Å²) in [4.78, 5) is 0. The van der Waals surface area contributed by atoms with E-state index in [1.54, 1.807) is 12.3 Å². The van der Waals surface area contributed by atoms with Crippen LogP contribution in [0.2, 0.25) is 5.02 Å². The first-order valence-electron chi connectivity index (χ1n) is 5.16. The molecule has 2 nitrogen and oxygen atoms in total. The van der Waals surface area contributed by atoms with Crippen LogP contribution in [0.5, 0.6) is 0 Å². The molecule has 0 atom stereocenters. The van der Waals surface area contributed by atoms with E-state index < -0.39 is 0 Å². The summed E-state index contributed by atoms with van der Waals surface area (Å²) in [6.45, 7) is 0. The second-order valence-electron chi connectivity index (χ2n) is 3.70. The molecule has 0 radical (unpaired) electrons. The number of nitrogens with zero attached hydrogens (tertiary/aromatic N) is 1. The molecule has 1 aromatic carbocycles. The summed E-state index contributed by atoms with van der Waals surface area (Å²) in [5.41, 5.74) is 2.23. The molecule has 0 amide bonds. The molecule has 0 bridgehead atoms. The van der Waals surface area contributed by atoms with E-state index in [2.05, 4.69) is 0 Å². The van der Waals surface area contributed by atoms with Crippen molar-refractivity contribution in [3.05, 3.63) is 70.1 Å². The first kappa shape index (κ1) is 11.0. The molecule has 0 N–H and O–H groups in total. The van der Waals surface area contributed by atoms with Crippen LogP contribution in [0.1, 0.15) is 11.1 Å². The lowest BCUT2D eigenvalue weighted by Crippen LogP contribution is -2.24. The molecule has 16 heavy (non-hydrogen) atoms. The van der Waals surface area contributed by atoms with E-state index in [4.69, 9.17) is 11.6 Å². The Morgan fingerprint density at radius 2 is 1.81 bits per heavy atom. The van der Waals surface area contributed by atoms with Crippen LogP contribution in [0.25, 0.3) is 0 Å². The smallest absolute Gasteiger partial charge is 0.183 e. The molecule has 0 aliphatic rings. The van der Waals surface area contributed by atoms with Crippen molar-refractivity contribution in [1.82, 2.24) is 0 Å². The Bertz CT molecular complexity index is 439. The van der Waals surface area contributed by atoms with E-state index in [1.165, 1.54) is 11.8 Å². The number of benzene rings is 1. The zero-order valence-electron chi connectivity index (χ0n) is 8.77. The Balaban J connectivity index is 2.02. The van der Waals surface area contributed by atoms with Crippen molar-refractivity contribution in [3.63, 3.8) is 0 Å². The highest BCUT2D eigenvalue weighted by Gasteiger charge is 1.99.